The summed E-state index contributed by atoms with van der Waals surface area (Å²) < 4.78 is 36.1. The Labute approximate surface area is 107 Å². The monoisotopic (exact) mass is 265 g/mol. The highest BCUT2D eigenvalue weighted by Gasteiger charge is 2.26. The van der Waals surface area contributed by atoms with Gasteiger partial charge in [-0.2, -0.15) is 13.2 Å². The second-order valence-corrected chi connectivity index (χ2v) is 3.95. The lowest BCUT2D eigenvalue weighted by Gasteiger charge is -2.21. The minimum atomic E-state index is -4.15. The summed E-state index contributed by atoms with van der Waals surface area (Å²) in [4.78, 5) is 5.80. The van der Waals surface area contributed by atoms with Gasteiger partial charge >= 0.3 is 6.18 Å². The van der Waals surface area contributed by atoms with Crippen LogP contribution in [0.15, 0.2) is 17.6 Å². The molecule has 0 spiro atoms. The molecule has 0 aromatic carbocycles. The first-order valence-corrected chi connectivity index (χ1v) is 6.07. The van der Waals surface area contributed by atoms with Gasteiger partial charge in [-0.3, -0.25) is 4.99 Å². The Kier molecular flexibility index (Phi) is 8.24. The highest BCUT2D eigenvalue weighted by atomic mass is 19.4. The Hall–Kier alpha value is -1.20. The van der Waals surface area contributed by atoms with E-state index in [9.17, 15) is 13.2 Å². The van der Waals surface area contributed by atoms with E-state index < -0.39 is 12.6 Å². The molecule has 0 unspecified atom stereocenters. The molecule has 0 saturated heterocycles. The Balaban J connectivity index is 4.25. The van der Waals surface area contributed by atoms with Crippen LogP contribution in [-0.2, 0) is 0 Å². The molecule has 0 rings (SSSR count). The molecular formula is C12H22F3N3. The van der Waals surface area contributed by atoms with E-state index in [1.54, 1.807) is 0 Å². The number of allylic oxidation sites excluding steroid dienone is 1. The van der Waals surface area contributed by atoms with Gasteiger partial charge < -0.3 is 10.2 Å². The molecule has 0 radical (unpaired) electrons. The molecule has 0 fully saturated rings. The van der Waals surface area contributed by atoms with Crippen LogP contribution in [0.25, 0.3) is 0 Å². The molecule has 0 aromatic rings. The van der Waals surface area contributed by atoms with E-state index in [0.717, 1.165) is 19.4 Å². The number of halogens is 3. The van der Waals surface area contributed by atoms with Crippen molar-refractivity contribution in [2.75, 3.05) is 26.7 Å². The van der Waals surface area contributed by atoms with Crippen molar-refractivity contribution in [2.45, 2.75) is 32.4 Å². The average molecular weight is 265 g/mol. The van der Waals surface area contributed by atoms with E-state index in [2.05, 4.69) is 16.9 Å². The highest BCUT2D eigenvalue weighted by Crippen LogP contribution is 2.18. The number of unbranched alkanes of at least 4 members (excludes halogenated alkanes) is 1. The lowest BCUT2D eigenvalue weighted by molar-refractivity contribution is -0.132. The van der Waals surface area contributed by atoms with Crippen LogP contribution >= 0.6 is 0 Å². The van der Waals surface area contributed by atoms with Crippen molar-refractivity contribution >= 4 is 5.96 Å². The summed E-state index contributed by atoms with van der Waals surface area (Å²) in [6, 6.07) is 0. The van der Waals surface area contributed by atoms with Crippen molar-refractivity contribution in [3.63, 3.8) is 0 Å². The molecule has 0 heterocycles. The van der Waals surface area contributed by atoms with Gasteiger partial charge in [0.25, 0.3) is 0 Å². The summed E-state index contributed by atoms with van der Waals surface area (Å²) in [5.74, 6) is 0.519. The molecule has 18 heavy (non-hydrogen) atoms. The zero-order valence-corrected chi connectivity index (χ0v) is 11.1. The first kappa shape index (κ1) is 16.8. The van der Waals surface area contributed by atoms with Gasteiger partial charge in [-0.05, 0) is 19.8 Å². The Morgan fingerprint density at radius 2 is 2.11 bits per heavy atom. The van der Waals surface area contributed by atoms with E-state index in [1.807, 2.05) is 24.9 Å². The van der Waals surface area contributed by atoms with Gasteiger partial charge in [-0.25, -0.2) is 0 Å². The van der Waals surface area contributed by atoms with Crippen molar-refractivity contribution in [1.82, 2.24) is 10.2 Å². The SMILES string of the molecule is C=CCCCN(C)C(=NCCC(F)(F)F)NCC. The predicted octanol–water partition coefficient (Wildman–Crippen LogP) is 2.80. The third-order valence-electron chi connectivity index (χ3n) is 2.26. The third kappa shape index (κ3) is 8.90. The van der Waals surface area contributed by atoms with Gasteiger partial charge in [0.05, 0.1) is 13.0 Å². The number of nitrogens with one attached hydrogen (secondary N) is 1. The maximum atomic E-state index is 12.0. The number of hydrogen-bond donors (Lipinski definition) is 1. The third-order valence-corrected chi connectivity index (χ3v) is 2.26. The van der Waals surface area contributed by atoms with Crippen molar-refractivity contribution in [3.8, 4) is 0 Å². The van der Waals surface area contributed by atoms with E-state index in [4.69, 9.17) is 0 Å². The molecule has 0 aromatic heterocycles. The van der Waals surface area contributed by atoms with Crippen molar-refractivity contribution in [2.24, 2.45) is 4.99 Å². The standard InChI is InChI=1S/C12H22F3N3/c1-4-6-7-10-18(3)11(16-5-2)17-9-8-12(13,14)15/h4H,1,5-10H2,2-3H3,(H,16,17). The number of guanidine groups is 1. The zero-order valence-electron chi connectivity index (χ0n) is 11.1. The average Bonchev–Trinajstić information content (AvgIpc) is 2.26. The minimum absolute atomic E-state index is 0.238. The van der Waals surface area contributed by atoms with Gasteiger partial charge in [0, 0.05) is 20.1 Å². The van der Waals surface area contributed by atoms with Crippen LogP contribution in [0, 0.1) is 0 Å². The van der Waals surface area contributed by atoms with Crippen LogP contribution in [0.1, 0.15) is 26.2 Å². The highest BCUT2D eigenvalue weighted by molar-refractivity contribution is 5.79. The van der Waals surface area contributed by atoms with Crippen molar-refractivity contribution in [3.05, 3.63) is 12.7 Å². The number of alkyl halides is 3. The largest absolute Gasteiger partial charge is 0.390 e. The molecule has 0 bridgehead atoms. The molecule has 0 aliphatic rings. The van der Waals surface area contributed by atoms with E-state index in [1.165, 1.54) is 0 Å². The van der Waals surface area contributed by atoms with E-state index in [-0.39, 0.29) is 6.54 Å². The van der Waals surface area contributed by atoms with Crippen LogP contribution in [-0.4, -0.2) is 43.7 Å². The molecule has 0 aliphatic heterocycles. The van der Waals surface area contributed by atoms with Crippen LogP contribution in [0.3, 0.4) is 0 Å². The maximum absolute atomic E-state index is 12.0. The minimum Gasteiger partial charge on any atom is -0.357 e. The second-order valence-electron chi connectivity index (χ2n) is 3.95. The van der Waals surface area contributed by atoms with Crippen LogP contribution in [0.5, 0.6) is 0 Å². The molecular weight excluding hydrogens is 243 g/mol. The van der Waals surface area contributed by atoms with E-state index >= 15 is 0 Å². The van der Waals surface area contributed by atoms with Crippen LogP contribution < -0.4 is 5.32 Å². The summed E-state index contributed by atoms with van der Waals surface area (Å²) in [6.45, 7) is 6.65. The Bertz CT molecular complexity index is 262. The Morgan fingerprint density at radius 1 is 1.44 bits per heavy atom. The van der Waals surface area contributed by atoms with Gasteiger partial charge in [0.1, 0.15) is 0 Å². The quantitative estimate of drug-likeness (QED) is 0.332. The molecule has 0 atom stereocenters. The number of nitrogens with zero attached hydrogens (tertiary/aromatic N) is 2. The molecule has 6 heteroatoms. The second kappa shape index (κ2) is 8.83. The van der Waals surface area contributed by atoms with E-state index in [0.29, 0.717) is 12.5 Å². The van der Waals surface area contributed by atoms with Crippen molar-refractivity contribution in [1.29, 1.82) is 0 Å². The summed E-state index contributed by atoms with van der Waals surface area (Å²) in [5, 5.41) is 2.98. The fraction of sp³-hybridized carbons (Fsp3) is 0.750. The van der Waals surface area contributed by atoms with Crippen LogP contribution in [0.4, 0.5) is 13.2 Å². The van der Waals surface area contributed by atoms with Gasteiger partial charge in [0.2, 0.25) is 0 Å². The molecule has 106 valence electrons. The molecule has 0 saturated carbocycles. The normalized spacial score (nSPS) is 12.4. The first-order valence-electron chi connectivity index (χ1n) is 6.07. The smallest absolute Gasteiger partial charge is 0.357 e. The molecule has 0 amide bonds. The maximum Gasteiger partial charge on any atom is 0.390 e. The van der Waals surface area contributed by atoms with Gasteiger partial charge in [-0.15, -0.1) is 6.58 Å². The fourth-order valence-electron chi connectivity index (χ4n) is 1.34. The molecule has 3 nitrogen and oxygen atoms in total. The number of aliphatic imine (C=N–C) groups is 1. The molecule has 0 aliphatic carbocycles. The summed E-state index contributed by atoms with van der Waals surface area (Å²) in [7, 11) is 1.82. The summed E-state index contributed by atoms with van der Waals surface area (Å²) >= 11 is 0. The summed E-state index contributed by atoms with van der Waals surface area (Å²) in [5.41, 5.74) is 0. The Morgan fingerprint density at radius 3 is 2.61 bits per heavy atom. The predicted molar refractivity (Wildman–Crippen MR) is 68.7 cm³/mol. The number of rotatable bonds is 7. The lowest BCUT2D eigenvalue weighted by atomic mass is 10.3. The van der Waals surface area contributed by atoms with Crippen LogP contribution in [0.2, 0.25) is 0 Å². The molecule has 1 N–H and O–H groups in total. The van der Waals surface area contributed by atoms with Crippen molar-refractivity contribution < 1.29 is 13.2 Å². The topological polar surface area (TPSA) is 27.6 Å². The fourth-order valence-corrected chi connectivity index (χ4v) is 1.34. The first-order chi connectivity index (χ1) is 8.40. The lowest BCUT2D eigenvalue weighted by Crippen LogP contribution is -2.39. The summed E-state index contributed by atoms with van der Waals surface area (Å²) in [6.07, 6.45) is -1.43. The number of hydrogen-bond acceptors (Lipinski definition) is 1. The zero-order chi connectivity index (χ0) is 14.0. The van der Waals surface area contributed by atoms with Gasteiger partial charge in [0.15, 0.2) is 5.96 Å². The van der Waals surface area contributed by atoms with Gasteiger partial charge in [-0.1, -0.05) is 6.08 Å².